The largest absolute Gasteiger partial charge is 0.454 e. The average Bonchev–Trinajstić information content (AvgIpc) is 3.16. The summed E-state index contributed by atoms with van der Waals surface area (Å²) in [5, 5.41) is 6.21. The molecule has 0 saturated carbocycles. The maximum Gasteiger partial charge on any atom is 0.310 e. The van der Waals surface area contributed by atoms with E-state index in [0.717, 1.165) is 21.4 Å². The van der Waals surface area contributed by atoms with Crippen LogP contribution in [0.3, 0.4) is 0 Å². The maximum atomic E-state index is 13.6. The van der Waals surface area contributed by atoms with E-state index in [0.29, 0.717) is 47.7 Å². The predicted octanol–water partition coefficient (Wildman–Crippen LogP) is 3.89. The Hall–Kier alpha value is -2.34. The van der Waals surface area contributed by atoms with Gasteiger partial charge in [-0.3, -0.25) is 0 Å². The summed E-state index contributed by atoms with van der Waals surface area (Å²) in [5.74, 6) is 2.85. The summed E-state index contributed by atoms with van der Waals surface area (Å²) in [5.41, 5.74) is 1.90. The number of aromatic nitrogens is 2. The normalized spacial score (nSPS) is 13.5. The van der Waals surface area contributed by atoms with Crippen molar-refractivity contribution in [2.45, 2.75) is 27.2 Å². The summed E-state index contributed by atoms with van der Waals surface area (Å²) < 4.78 is 25.6. The molecule has 166 valence electrons. The zero-order valence-corrected chi connectivity index (χ0v) is 20.2. The Bertz CT molecular complexity index is 996. The van der Waals surface area contributed by atoms with Crippen molar-refractivity contribution >= 4 is 46.1 Å². The molecule has 8 nitrogen and oxygen atoms in total. The number of nitrogens with one attached hydrogen (secondary N) is 2. The number of amidine groups is 1. The number of nitrogens with zero attached hydrogens (tertiary/aromatic N) is 4. The van der Waals surface area contributed by atoms with Crippen molar-refractivity contribution in [2.75, 3.05) is 32.2 Å². The fraction of sp³-hybridized carbons (Fsp3) is 0.429. The summed E-state index contributed by atoms with van der Waals surface area (Å²) >= 11 is 2.26. The molecule has 0 bridgehead atoms. The van der Waals surface area contributed by atoms with Crippen molar-refractivity contribution in [2.24, 2.45) is 15.9 Å². The smallest absolute Gasteiger partial charge is 0.310 e. The number of hydrogen-bond acceptors (Lipinski definition) is 7. The molecule has 1 aliphatic heterocycles. The lowest BCUT2D eigenvalue weighted by Crippen LogP contribution is -2.21. The highest BCUT2D eigenvalue weighted by Gasteiger charge is 2.18. The second-order valence-electron chi connectivity index (χ2n) is 7.39. The predicted molar refractivity (Wildman–Crippen MR) is 129 cm³/mol. The molecule has 1 aromatic heterocycles. The van der Waals surface area contributed by atoms with Crippen LogP contribution in [0.2, 0.25) is 0 Å². The lowest BCUT2D eigenvalue weighted by Gasteiger charge is -2.10. The van der Waals surface area contributed by atoms with Crippen molar-refractivity contribution in [3.05, 3.63) is 33.0 Å². The van der Waals surface area contributed by atoms with Gasteiger partial charge in [-0.15, -0.1) is 0 Å². The highest BCUT2D eigenvalue weighted by molar-refractivity contribution is 14.1. The van der Waals surface area contributed by atoms with E-state index in [1.165, 1.54) is 0 Å². The quantitative estimate of drug-likeness (QED) is 0.174. The second kappa shape index (κ2) is 10.8. The van der Waals surface area contributed by atoms with Crippen LogP contribution in [0.4, 0.5) is 15.9 Å². The number of fused-ring (bicyclic) bond motifs is 1. The van der Waals surface area contributed by atoms with Crippen LogP contribution in [-0.2, 0) is 6.42 Å². The lowest BCUT2D eigenvalue weighted by atomic mass is 10.1. The van der Waals surface area contributed by atoms with E-state index in [9.17, 15) is 4.39 Å². The Labute approximate surface area is 194 Å². The van der Waals surface area contributed by atoms with Crippen molar-refractivity contribution in [3.8, 4) is 11.5 Å². The van der Waals surface area contributed by atoms with E-state index < -0.39 is 6.08 Å². The molecule has 0 unspecified atom stereocenters. The van der Waals surface area contributed by atoms with E-state index in [-0.39, 0.29) is 6.79 Å². The molecule has 0 saturated heterocycles. The topological polar surface area (TPSA) is 93.0 Å². The zero-order chi connectivity index (χ0) is 22.4. The van der Waals surface area contributed by atoms with Crippen molar-refractivity contribution < 1.29 is 13.9 Å². The Morgan fingerprint density at radius 2 is 2.03 bits per heavy atom. The van der Waals surface area contributed by atoms with Gasteiger partial charge >= 0.3 is 6.08 Å². The van der Waals surface area contributed by atoms with Crippen LogP contribution in [0.5, 0.6) is 11.5 Å². The zero-order valence-electron chi connectivity index (χ0n) is 18.0. The van der Waals surface area contributed by atoms with Gasteiger partial charge in [-0.2, -0.15) is 9.37 Å². The Kier molecular flexibility index (Phi) is 8.13. The SMILES string of the molecule is CNc1nc(F)nc(C)c1N=C(Cc1cc2c(cc1I)OCO2)N=CCNCC(C)C. The third-order valence-corrected chi connectivity index (χ3v) is 5.43. The van der Waals surface area contributed by atoms with Crippen molar-refractivity contribution in [1.29, 1.82) is 0 Å². The van der Waals surface area contributed by atoms with E-state index >= 15 is 0 Å². The van der Waals surface area contributed by atoms with Gasteiger partial charge in [0.15, 0.2) is 17.3 Å². The van der Waals surface area contributed by atoms with Crippen molar-refractivity contribution in [3.63, 3.8) is 0 Å². The van der Waals surface area contributed by atoms with Crippen LogP contribution in [0.1, 0.15) is 25.1 Å². The van der Waals surface area contributed by atoms with Gasteiger partial charge in [0, 0.05) is 29.8 Å². The van der Waals surface area contributed by atoms with Gasteiger partial charge in [-0.05, 0) is 59.7 Å². The number of rotatable bonds is 8. The number of ether oxygens (including phenoxy) is 2. The van der Waals surface area contributed by atoms with Gasteiger partial charge in [0.25, 0.3) is 0 Å². The minimum Gasteiger partial charge on any atom is -0.454 e. The first kappa shape index (κ1) is 23.3. The number of benzene rings is 1. The first-order valence-corrected chi connectivity index (χ1v) is 11.1. The number of aryl methyl sites for hydroxylation is 1. The molecule has 0 aliphatic carbocycles. The van der Waals surface area contributed by atoms with Crippen LogP contribution in [0.25, 0.3) is 0 Å². The molecule has 1 aromatic carbocycles. The fourth-order valence-corrected chi connectivity index (χ4v) is 3.57. The lowest BCUT2D eigenvalue weighted by molar-refractivity contribution is 0.174. The average molecular weight is 540 g/mol. The Morgan fingerprint density at radius 1 is 1.29 bits per heavy atom. The third-order valence-electron chi connectivity index (χ3n) is 4.43. The summed E-state index contributed by atoms with van der Waals surface area (Å²) in [6, 6.07) is 3.88. The molecule has 0 amide bonds. The van der Waals surface area contributed by atoms with Gasteiger partial charge < -0.3 is 20.1 Å². The molecule has 0 spiro atoms. The van der Waals surface area contributed by atoms with Gasteiger partial charge in [0.1, 0.15) is 11.5 Å². The van der Waals surface area contributed by atoms with Crippen LogP contribution in [0.15, 0.2) is 22.1 Å². The van der Waals surface area contributed by atoms with E-state index in [1.807, 2.05) is 12.1 Å². The van der Waals surface area contributed by atoms with Crippen molar-refractivity contribution in [1.82, 2.24) is 15.3 Å². The summed E-state index contributed by atoms with van der Waals surface area (Å²) in [4.78, 5) is 16.9. The molecular formula is C21H26FIN6O2. The molecule has 1 aliphatic rings. The van der Waals surface area contributed by atoms with E-state index in [1.54, 1.807) is 20.2 Å². The van der Waals surface area contributed by atoms with Gasteiger partial charge in [-0.25, -0.2) is 15.0 Å². The van der Waals surface area contributed by atoms with Crippen LogP contribution in [0, 0.1) is 22.5 Å². The highest BCUT2D eigenvalue weighted by atomic mass is 127. The summed E-state index contributed by atoms with van der Waals surface area (Å²) in [7, 11) is 1.67. The van der Waals surface area contributed by atoms with E-state index in [4.69, 9.17) is 14.5 Å². The van der Waals surface area contributed by atoms with Crippen LogP contribution >= 0.6 is 22.6 Å². The number of aliphatic imine (C=N–C) groups is 2. The van der Waals surface area contributed by atoms with Gasteiger partial charge in [-0.1, -0.05) is 13.8 Å². The monoisotopic (exact) mass is 540 g/mol. The number of anilines is 1. The second-order valence-corrected chi connectivity index (χ2v) is 8.55. The highest BCUT2D eigenvalue weighted by Crippen LogP contribution is 2.36. The molecular weight excluding hydrogens is 514 g/mol. The molecule has 10 heteroatoms. The number of halogens is 2. The number of hydrogen-bond donors (Lipinski definition) is 2. The Balaban J connectivity index is 1.92. The molecule has 31 heavy (non-hydrogen) atoms. The van der Waals surface area contributed by atoms with Gasteiger partial charge in [0.2, 0.25) is 6.79 Å². The minimum absolute atomic E-state index is 0.215. The standard InChI is InChI=1S/C21H26FIN6O2/c1-12(2)10-25-5-6-26-18(28-19-13(3)27-21(22)29-20(19)24-4)8-14-7-16-17(9-15(14)23)31-11-30-16/h6-7,9,12,25H,5,8,10-11H2,1-4H3,(H,24,27,29). The molecule has 0 fully saturated rings. The van der Waals surface area contributed by atoms with Crippen LogP contribution < -0.4 is 20.1 Å². The van der Waals surface area contributed by atoms with Gasteiger partial charge in [0.05, 0.1) is 5.69 Å². The molecule has 2 heterocycles. The fourth-order valence-electron chi connectivity index (χ4n) is 2.94. The molecule has 2 aromatic rings. The first-order chi connectivity index (χ1) is 14.9. The van der Waals surface area contributed by atoms with Crippen LogP contribution in [-0.4, -0.2) is 48.9 Å². The molecule has 0 radical (unpaired) electrons. The summed E-state index contributed by atoms with van der Waals surface area (Å²) in [6.07, 6.45) is 1.45. The first-order valence-electron chi connectivity index (χ1n) is 9.98. The minimum atomic E-state index is -0.797. The molecule has 3 rings (SSSR count). The third kappa shape index (κ3) is 6.33. The molecule has 2 N–H and O–H groups in total. The van der Waals surface area contributed by atoms with E-state index in [2.05, 4.69) is 62.0 Å². The maximum absolute atomic E-state index is 13.6. The summed E-state index contributed by atoms with van der Waals surface area (Å²) in [6.45, 7) is 7.72. The molecule has 0 atom stereocenters. The Morgan fingerprint density at radius 3 is 2.74 bits per heavy atom.